The van der Waals surface area contributed by atoms with Gasteiger partial charge in [0.05, 0.1) is 11.6 Å². The van der Waals surface area contributed by atoms with Gasteiger partial charge in [-0.05, 0) is 25.1 Å². The van der Waals surface area contributed by atoms with Crippen LogP contribution in [0.15, 0.2) is 24.3 Å². The minimum atomic E-state index is -4.60. The molecule has 17 heavy (non-hydrogen) atoms. The van der Waals surface area contributed by atoms with Crippen molar-refractivity contribution in [1.82, 2.24) is 5.32 Å². The first-order valence-corrected chi connectivity index (χ1v) is 5.11. The Kier molecular flexibility index (Phi) is 2.85. The summed E-state index contributed by atoms with van der Waals surface area (Å²) < 4.78 is 64.7. The van der Waals surface area contributed by atoms with Gasteiger partial charge in [-0.1, -0.05) is 12.1 Å². The van der Waals surface area contributed by atoms with Gasteiger partial charge >= 0.3 is 6.18 Å². The van der Waals surface area contributed by atoms with Crippen LogP contribution in [0.3, 0.4) is 0 Å². The fraction of sp³-hybridized carbons (Fsp3) is 0.455. The van der Waals surface area contributed by atoms with Crippen molar-refractivity contribution in [3.8, 4) is 0 Å². The zero-order valence-electron chi connectivity index (χ0n) is 8.69. The number of nitrogens with one attached hydrogen (secondary N) is 1. The van der Waals surface area contributed by atoms with E-state index < -0.39 is 29.3 Å². The summed E-state index contributed by atoms with van der Waals surface area (Å²) in [4.78, 5) is 0. The highest BCUT2D eigenvalue weighted by Gasteiger charge is 2.45. The fourth-order valence-electron chi connectivity index (χ4n) is 1.70. The Morgan fingerprint density at radius 2 is 1.65 bits per heavy atom. The molecule has 1 nitrogen and oxygen atoms in total. The number of benzene rings is 1. The lowest BCUT2D eigenvalue weighted by Gasteiger charge is -2.35. The van der Waals surface area contributed by atoms with Gasteiger partial charge in [0.1, 0.15) is 0 Å². The van der Waals surface area contributed by atoms with E-state index in [0.717, 1.165) is 18.2 Å². The molecule has 0 radical (unpaired) electrons. The lowest BCUT2D eigenvalue weighted by Crippen LogP contribution is -2.53. The molecule has 1 heterocycles. The minimum absolute atomic E-state index is 0.267. The predicted molar refractivity (Wildman–Crippen MR) is 51.7 cm³/mol. The van der Waals surface area contributed by atoms with Gasteiger partial charge in [-0.25, -0.2) is 0 Å². The predicted octanol–water partition coefficient (Wildman–Crippen LogP) is 3.16. The van der Waals surface area contributed by atoms with Crippen molar-refractivity contribution in [3.63, 3.8) is 0 Å². The maximum Gasteiger partial charge on any atom is 0.416 e. The molecule has 0 aliphatic carbocycles. The van der Waals surface area contributed by atoms with Gasteiger partial charge in [-0.15, -0.1) is 0 Å². The largest absolute Gasteiger partial charge is 0.416 e. The third-order valence-electron chi connectivity index (χ3n) is 2.84. The zero-order valence-corrected chi connectivity index (χ0v) is 8.69. The molecule has 1 atom stereocenters. The highest BCUT2D eigenvalue weighted by atomic mass is 19.4. The van der Waals surface area contributed by atoms with E-state index in [2.05, 4.69) is 5.32 Å². The summed E-state index contributed by atoms with van der Waals surface area (Å²) in [5.41, 5.74) is -1.64. The third-order valence-corrected chi connectivity index (χ3v) is 2.84. The summed E-state index contributed by atoms with van der Waals surface area (Å²) in [7, 11) is 0. The van der Waals surface area contributed by atoms with Crippen molar-refractivity contribution >= 4 is 0 Å². The molecular formula is C11H10F5N. The second-order valence-electron chi connectivity index (χ2n) is 4.00. The highest BCUT2D eigenvalue weighted by Crippen LogP contribution is 2.38. The maximum atomic E-state index is 13.7. The normalized spacial score (nSPS) is 21.1. The summed E-state index contributed by atoms with van der Waals surface area (Å²) in [6.07, 6.45) is -4.33. The number of hydrogen-bond donors (Lipinski definition) is 1. The number of halogens is 5. The molecular weight excluding hydrogens is 241 g/mol. The van der Waals surface area contributed by atoms with Crippen LogP contribution in [0, 0.1) is 0 Å². The van der Waals surface area contributed by atoms with E-state index in [0.29, 0.717) is 12.6 Å². The molecule has 1 aromatic rings. The second kappa shape index (κ2) is 3.94. The van der Waals surface area contributed by atoms with Crippen molar-refractivity contribution in [2.75, 3.05) is 6.54 Å². The van der Waals surface area contributed by atoms with Crippen LogP contribution in [0.5, 0.6) is 0 Å². The molecule has 6 heteroatoms. The van der Waals surface area contributed by atoms with Crippen LogP contribution in [-0.2, 0) is 12.1 Å². The van der Waals surface area contributed by atoms with Gasteiger partial charge in [-0.3, -0.25) is 0 Å². The Balaban J connectivity index is 2.32. The van der Waals surface area contributed by atoms with E-state index in [1.165, 1.54) is 0 Å². The van der Waals surface area contributed by atoms with E-state index in [9.17, 15) is 22.0 Å². The molecule has 1 aliphatic rings. The number of hydrogen-bond acceptors (Lipinski definition) is 1. The molecule has 2 rings (SSSR count). The molecule has 0 saturated carbocycles. The Hall–Kier alpha value is -1.17. The van der Waals surface area contributed by atoms with Crippen molar-refractivity contribution in [1.29, 1.82) is 0 Å². The topological polar surface area (TPSA) is 12.0 Å². The first kappa shape index (κ1) is 12.3. The first-order valence-electron chi connectivity index (χ1n) is 5.11. The van der Waals surface area contributed by atoms with E-state index in [1.807, 2.05) is 0 Å². The van der Waals surface area contributed by atoms with E-state index in [-0.39, 0.29) is 6.42 Å². The van der Waals surface area contributed by atoms with Crippen LogP contribution in [0.1, 0.15) is 17.5 Å². The second-order valence-corrected chi connectivity index (χ2v) is 4.00. The summed E-state index contributed by atoms with van der Waals surface area (Å²) >= 11 is 0. The van der Waals surface area contributed by atoms with Gasteiger partial charge in [0, 0.05) is 5.56 Å². The summed E-state index contributed by atoms with van der Waals surface area (Å²) in [5.74, 6) is -3.26. The molecule has 1 N–H and O–H groups in total. The van der Waals surface area contributed by atoms with Crippen molar-refractivity contribution in [2.24, 2.45) is 0 Å². The average Bonchev–Trinajstić information content (AvgIpc) is 2.13. The van der Waals surface area contributed by atoms with E-state index in [1.54, 1.807) is 0 Å². The molecule has 0 spiro atoms. The Morgan fingerprint density at radius 3 is 2.12 bits per heavy atom. The van der Waals surface area contributed by atoms with Crippen LogP contribution in [0.4, 0.5) is 22.0 Å². The van der Waals surface area contributed by atoms with Crippen molar-refractivity contribution in [3.05, 3.63) is 35.4 Å². The maximum absolute atomic E-state index is 13.7. The number of alkyl halides is 5. The van der Waals surface area contributed by atoms with Crippen LogP contribution < -0.4 is 5.32 Å². The molecule has 0 amide bonds. The Bertz CT molecular complexity index is 409. The average molecular weight is 251 g/mol. The lowest BCUT2D eigenvalue weighted by atomic mass is 9.93. The summed E-state index contributed by atoms with van der Waals surface area (Å²) in [6, 6.07) is 2.26. The smallest absolute Gasteiger partial charge is 0.308 e. The SMILES string of the molecule is FC(F)(F)c1cccc(C(F)(F)C2CCN2)c1. The molecule has 0 bridgehead atoms. The van der Waals surface area contributed by atoms with Crippen LogP contribution in [-0.4, -0.2) is 12.6 Å². The number of rotatable bonds is 2. The van der Waals surface area contributed by atoms with Gasteiger partial charge in [-0.2, -0.15) is 22.0 Å². The van der Waals surface area contributed by atoms with Crippen LogP contribution in [0.25, 0.3) is 0 Å². The fourth-order valence-corrected chi connectivity index (χ4v) is 1.70. The molecule has 1 unspecified atom stereocenters. The molecule has 1 aromatic carbocycles. The quantitative estimate of drug-likeness (QED) is 0.796. The summed E-state index contributed by atoms with van der Waals surface area (Å²) in [6.45, 7) is 0.471. The van der Waals surface area contributed by atoms with Crippen LogP contribution >= 0.6 is 0 Å². The standard InChI is InChI=1S/C11H10F5N/c12-10(13,9-4-5-17-9)7-2-1-3-8(6-7)11(14,15)16/h1-3,6,9,17H,4-5H2. The van der Waals surface area contributed by atoms with E-state index >= 15 is 0 Å². The lowest BCUT2D eigenvalue weighted by molar-refractivity contribution is -0.138. The zero-order chi connectivity index (χ0) is 12.7. The first-order chi connectivity index (χ1) is 7.82. The molecule has 1 fully saturated rings. The third kappa shape index (κ3) is 2.26. The Labute approximate surface area is 94.6 Å². The monoisotopic (exact) mass is 251 g/mol. The van der Waals surface area contributed by atoms with Crippen LogP contribution in [0.2, 0.25) is 0 Å². The highest BCUT2D eigenvalue weighted by molar-refractivity contribution is 5.30. The Morgan fingerprint density at radius 1 is 1.06 bits per heavy atom. The minimum Gasteiger partial charge on any atom is -0.308 e. The molecule has 1 aliphatic heterocycles. The van der Waals surface area contributed by atoms with Crippen molar-refractivity contribution < 1.29 is 22.0 Å². The van der Waals surface area contributed by atoms with Gasteiger partial charge in [0.2, 0.25) is 0 Å². The molecule has 0 aromatic heterocycles. The van der Waals surface area contributed by atoms with Gasteiger partial charge < -0.3 is 5.32 Å². The van der Waals surface area contributed by atoms with Gasteiger partial charge in [0.15, 0.2) is 0 Å². The van der Waals surface area contributed by atoms with E-state index in [4.69, 9.17) is 0 Å². The molecule has 1 saturated heterocycles. The van der Waals surface area contributed by atoms with Crippen molar-refractivity contribution in [2.45, 2.75) is 24.6 Å². The van der Waals surface area contributed by atoms with Gasteiger partial charge in [0.25, 0.3) is 5.92 Å². The molecule has 94 valence electrons. The summed E-state index contributed by atoms with van der Waals surface area (Å²) in [5, 5.41) is 2.51.